The van der Waals surface area contributed by atoms with Crippen molar-refractivity contribution in [2.24, 2.45) is 5.41 Å². The number of esters is 1. The van der Waals surface area contributed by atoms with E-state index in [1.165, 1.54) is 18.2 Å². The molecule has 2 aromatic heterocycles. The Kier molecular flexibility index (Phi) is 8.45. The third kappa shape index (κ3) is 6.55. The maximum Gasteiger partial charge on any atom is 0.429 e. The van der Waals surface area contributed by atoms with Gasteiger partial charge in [0, 0.05) is 36.7 Å². The number of benzene rings is 2. The topological polar surface area (TPSA) is 115 Å². The van der Waals surface area contributed by atoms with Crippen LogP contribution < -0.4 is 20.7 Å². The summed E-state index contributed by atoms with van der Waals surface area (Å²) >= 11 is 0. The Labute approximate surface area is 263 Å². The van der Waals surface area contributed by atoms with Crippen molar-refractivity contribution in [3.8, 4) is 17.0 Å². The molecule has 0 aliphatic carbocycles. The minimum Gasteiger partial charge on any atom is -0.465 e. The molecule has 9 nitrogen and oxygen atoms in total. The first-order chi connectivity index (χ1) is 21.9. The summed E-state index contributed by atoms with van der Waals surface area (Å²) in [6.07, 6.45) is -3.76. The van der Waals surface area contributed by atoms with Crippen LogP contribution >= 0.6 is 0 Å². The molecule has 13 heteroatoms. The fourth-order valence-electron chi connectivity index (χ4n) is 6.43. The van der Waals surface area contributed by atoms with E-state index in [0.29, 0.717) is 66.1 Å². The van der Waals surface area contributed by atoms with E-state index >= 15 is 0 Å². The van der Waals surface area contributed by atoms with E-state index in [0.717, 1.165) is 19.0 Å². The second kappa shape index (κ2) is 12.3. The van der Waals surface area contributed by atoms with E-state index in [9.17, 15) is 22.4 Å². The predicted molar refractivity (Wildman–Crippen MR) is 165 cm³/mol. The normalized spacial score (nSPS) is 18.6. The summed E-state index contributed by atoms with van der Waals surface area (Å²) in [5.74, 6) is -0.843. The van der Waals surface area contributed by atoms with Gasteiger partial charge in [0.25, 0.3) is 0 Å². The van der Waals surface area contributed by atoms with Crippen LogP contribution in [0.25, 0.3) is 22.0 Å². The van der Waals surface area contributed by atoms with Crippen LogP contribution in [0.1, 0.15) is 43.4 Å². The number of carbonyl (C=O) groups excluding carboxylic acids is 1. The number of nitrogen functional groups attached to an aromatic ring is 1. The van der Waals surface area contributed by atoms with Crippen LogP contribution in [0.3, 0.4) is 0 Å². The largest absolute Gasteiger partial charge is 0.465 e. The maximum absolute atomic E-state index is 14.5. The van der Waals surface area contributed by atoms with Gasteiger partial charge in [0.05, 0.1) is 18.3 Å². The highest BCUT2D eigenvalue weighted by molar-refractivity contribution is 5.84. The minimum atomic E-state index is -4.76. The molecule has 2 aromatic carbocycles. The number of piperidine rings is 1. The molecular formula is C33H34F4N6O3. The van der Waals surface area contributed by atoms with Gasteiger partial charge in [-0.05, 0) is 73.4 Å². The Bertz CT molecular complexity index is 1760. The van der Waals surface area contributed by atoms with Crippen molar-refractivity contribution in [2.45, 2.75) is 51.4 Å². The number of alkyl halides is 3. The molecule has 2 aliphatic rings. The van der Waals surface area contributed by atoms with Crippen LogP contribution in [0.15, 0.2) is 54.7 Å². The monoisotopic (exact) mass is 638 g/mol. The summed E-state index contributed by atoms with van der Waals surface area (Å²) in [6, 6.07) is 12.3. The highest BCUT2D eigenvalue weighted by Crippen LogP contribution is 2.42. The number of carbonyl (C=O) groups is 1. The van der Waals surface area contributed by atoms with Crippen molar-refractivity contribution in [2.75, 3.05) is 36.9 Å². The molecule has 2 atom stereocenters. The van der Waals surface area contributed by atoms with E-state index in [4.69, 9.17) is 15.2 Å². The molecule has 0 amide bonds. The van der Waals surface area contributed by atoms with E-state index in [1.807, 2.05) is 4.90 Å². The number of nitrogens with two attached hydrogens (primary N) is 1. The Morgan fingerprint density at radius 1 is 1.11 bits per heavy atom. The highest BCUT2D eigenvalue weighted by Gasteiger charge is 2.45. The third-order valence-corrected chi connectivity index (χ3v) is 8.86. The summed E-state index contributed by atoms with van der Waals surface area (Å²) in [5, 5.41) is 3.85. The van der Waals surface area contributed by atoms with Crippen molar-refractivity contribution in [1.29, 1.82) is 0 Å². The fraction of sp³-hybridized carbons (Fsp3) is 0.394. The van der Waals surface area contributed by atoms with Crippen molar-refractivity contribution in [3.05, 3.63) is 71.7 Å². The zero-order valence-electron chi connectivity index (χ0n) is 25.4. The first-order valence-electron chi connectivity index (χ1n) is 15.1. The maximum atomic E-state index is 14.5. The van der Waals surface area contributed by atoms with Gasteiger partial charge in [0.2, 0.25) is 17.9 Å². The molecule has 0 saturated carbocycles. The first kappa shape index (κ1) is 31.5. The summed E-state index contributed by atoms with van der Waals surface area (Å²) < 4.78 is 67.9. The van der Waals surface area contributed by atoms with E-state index in [2.05, 4.69) is 20.3 Å². The number of ether oxygens (including phenoxy) is 2. The van der Waals surface area contributed by atoms with Gasteiger partial charge in [-0.2, -0.15) is 23.1 Å². The second-order valence-electron chi connectivity index (χ2n) is 12.0. The minimum absolute atomic E-state index is 0.0726. The molecule has 0 bridgehead atoms. The number of nitrogens with zero attached hydrogens (tertiary/aromatic N) is 4. The van der Waals surface area contributed by atoms with Crippen molar-refractivity contribution < 1.29 is 31.8 Å². The van der Waals surface area contributed by atoms with Gasteiger partial charge in [0.1, 0.15) is 17.7 Å². The summed E-state index contributed by atoms with van der Waals surface area (Å²) in [4.78, 5) is 26.5. The molecule has 242 valence electrons. The average molecular weight is 639 g/mol. The number of hydrogen-bond acceptors (Lipinski definition) is 9. The smallest absolute Gasteiger partial charge is 0.429 e. The molecule has 46 heavy (non-hydrogen) atoms. The quantitative estimate of drug-likeness (QED) is 0.188. The molecule has 6 rings (SSSR count). The number of halogens is 4. The van der Waals surface area contributed by atoms with Gasteiger partial charge >= 0.3 is 12.1 Å². The molecule has 4 heterocycles. The first-order valence-corrected chi connectivity index (χ1v) is 15.1. The van der Waals surface area contributed by atoms with Crippen LogP contribution in [0.4, 0.5) is 29.3 Å². The number of fused-ring (bicyclic) bond motifs is 1. The van der Waals surface area contributed by atoms with Crippen LogP contribution in [-0.2, 0) is 9.53 Å². The number of rotatable bonds is 7. The molecule has 4 aromatic rings. The lowest BCUT2D eigenvalue weighted by molar-refractivity contribution is -0.198. The number of aryl methyl sites for hydroxylation is 1. The molecule has 0 unspecified atom stereocenters. The second-order valence-corrected chi connectivity index (χ2v) is 12.0. The van der Waals surface area contributed by atoms with Gasteiger partial charge < -0.3 is 25.4 Å². The van der Waals surface area contributed by atoms with E-state index < -0.39 is 18.1 Å². The average Bonchev–Trinajstić information content (AvgIpc) is 3.43. The van der Waals surface area contributed by atoms with Crippen molar-refractivity contribution in [1.82, 2.24) is 20.3 Å². The Hall–Kier alpha value is -4.52. The highest BCUT2D eigenvalue weighted by atomic mass is 19.4. The molecular weight excluding hydrogens is 604 g/mol. The molecule has 0 radical (unpaired) electrons. The molecule has 2 fully saturated rings. The number of hydrogen-bond donors (Lipinski definition) is 2. The zero-order chi connectivity index (χ0) is 32.6. The predicted octanol–water partition coefficient (Wildman–Crippen LogP) is 5.92. The van der Waals surface area contributed by atoms with Crippen molar-refractivity contribution >= 4 is 28.6 Å². The van der Waals surface area contributed by atoms with Gasteiger partial charge in [-0.25, -0.2) is 4.39 Å². The Morgan fingerprint density at radius 2 is 1.85 bits per heavy atom. The molecule has 3 N–H and O–H groups in total. The fourth-order valence-corrected chi connectivity index (χ4v) is 6.43. The number of nitrogens with one attached hydrogen (secondary N) is 1. The Morgan fingerprint density at radius 3 is 2.57 bits per heavy atom. The van der Waals surface area contributed by atoms with E-state index in [-0.39, 0.29) is 34.8 Å². The molecule has 2 saturated heterocycles. The Balaban J connectivity index is 1.20. The van der Waals surface area contributed by atoms with E-state index in [1.54, 1.807) is 44.2 Å². The number of anilines is 2. The zero-order valence-corrected chi connectivity index (χ0v) is 25.4. The van der Waals surface area contributed by atoms with Crippen molar-refractivity contribution in [3.63, 3.8) is 0 Å². The van der Waals surface area contributed by atoms with Gasteiger partial charge in [-0.15, -0.1) is 0 Å². The standard InChI is InChI=1S/C33H34F4N6O3/c1-3-45-30(44)26-16-32(18-40-26)8-10-43(11-9-32)27-15-28(42-31(38)41-27)46-29(33(35,36)37)24-6-4-20(12-19(24)2)21-5-7-25-22(13-21)14-23(34)17-39-25/h4-7,12-15,17,26,29,40H,3,8-11,16,18H2,1-2H3,(H2,38,41,42)/t26-,29+/m0/s1. The SMILES string of the molecule is CCOC(=O)[C@@H]1CC2(CCN(c3cc(O[C@H](c4ccc(-c5ccc6ncc(F)cc6c5)cc4C)C(F)(F)F)nc(N)n3)CC2)CN1. The number of aromatic nitrogens is 3. The third-order valence-electron chi connectivity index (χ3n) is 8.86. The number of pyridine rings is 1. The summed E-state index contributed by atoms with van der Waals surface area (Å²) in [6.45, 7) is 5.52. The lowest BCUT2D eigenvalue weighted by Crippen LogP contribution is -2.41. The molecule has 1 spiro atoms. The van der Waals surface area contributed by atoms with Gasteiger partial charge in [-0.3, -0.25) is 9.78 Å². The summed E-state index contributed by atoms with van der Waals surface area (Å²) in [7, 11) is 0. The lowest BCUT2D eigenvalue weighted by atomic mass is 9.76. The van der Waals surface area contributed by atoms with Crippen LogP contribution in [-0.4, -0.2) is 59.4 Å². The van der Waals surface area contributed by atoms with Gasteiger partial charge in [-0.1, -0.05) is 24.3 Å². The van der Waals surface area contributed by atoms with Crippen LogP contribution in [0.5, 0.6) is 5.88 Å². The van der Waals surface area contributed by atoms with Gasteiger partial charge in [0.15, 0.2) is 0 Å². The lowest BCUT2D eigenvalue weighted by Gasteiger charge is -2.39. The van der Waals surface area contributed by atoms with Crippen LogP contribution in [0, 0.1) is 18.2 Å². The molecule has 2 aliphatic heterocycles. The summed E-state index contributed by atoms with van der Waals surface area (Å²) in [5.41, 5.74) is 8.13. The van der Waals surface area contributed by atoms with Crippen LogP contribution in [0.2, 0.25) is 0 Å².